The number of unbranched alkanes of at least 4 members (excludes halogenated alkanes) is 1. The number of carbonyl (C=O) groups excluding carboxylic acids is 1. The Balaban J connectivity index is 1.98. The van der Waals surface area contributed by atoms with Gasteiger partial charge < -0.3 is 10.6 Å². The lowest BCUT2D eigenvalue weighted by Gasteiger charge is -2.10. The van der Waals surface area contributed by atoms with Crippen molar-refractivity contribution in [3.8, 4) is 0 Å². The minimum Gasteiger partial charge on any atom is -0.352 e. The topological polar surface area (TPSA) is 41.1 Å². The van der Waals surface area contributed by atoms with Crippen LogP contribution in [0.5, 0.6) is 0 Å². The number of rotatable bonds is 6. The van der Waals surface area contributed by atoms with E-state index >= 15 is 0 Å². The van der Waals surface area contributed by atoms with Gasteiger partial charge in [0.2, 0.25) is 5.91 Å². The van der Waals surface area contributed by atoms with Crippen molar-refractivity contribution in [2.45, 2.75) is 31.7 Å². The Morgan fingerprint density at radius 2 is 2.43 bits per heavy atom. The lowest BCUT2D eigenvalue weighted by Crippen LogP contribution is -2.36. The maximum Gasteiger partial charge on any atom is 0.220 e. The van der Waals surface area contributed by atoms with Crippen LogP contribution in [0.1, 0.15) is 25.7 Å². The summed E-state index contributed by atoms with van der Waals surface area (Å²) < 4.78 is 0. The van der Waals surface area contributed by atoms with Crippen molar-refractivity contribution in [2.24, 2.45) is 0 Å². The van der Waals surface area contributed by atoms with Gasteiger partial charge in [0.05, 0.1) is 0 Å². The van der Waals surface area contributed by atoms with Gasteiger partial charge in [-0.25, -0.2) is 0 Å². The van der Waals surface area contributed by atoms with Crippen LogP contribution in [0.15, 0.2) is 0 Å². The number of nitrogens with one attached hydrogen (secondary N) is 2. The van der Waals surface area contributed by atoms with Crippen molar-refractivity contribution in [3.05, 3.63) is 0 Å². The first-order valence-corrected chi connectivity index (χ1v) is 6.71. The van der Waals surface area contributed by atoms with Crippen molar-refractivity contribution in [3.63, 3.8) is 0 Å². The van der Waals surface area contributed by atoms with E-state index in [4.69, 9.17) is 0 Å². The predicted molar refractivity (Wildman–Crippen MR) is 61.7 cm³/mol. The van der Waals surface area contributed by atoms with Gasteiger partial charge in [0.15, 0.2) is 0 Å². The minimum atomic E-state index is 0.222. The molecule has 0 aromatic rings. The molecule has 1 amide bonds. The van der Waals surface area contributed by atoms with E-state index in [0.29, 0.717) is 12.5 Å². The molecule has 0 bridgehead atoms. The average Bonchev–Trinajstić information content (AvgIpc) is 2.65. The zero-order chi connectivity index (χ0) is 10.2. The highest BCUT2D eigenvalue weighted by molar-refractivity contribution is 7.98. The number of hydrogen-bond acceptors (Lipinski definition) is 3. The largest absolute Gasteiger partial charge is 0.352 e. The van der Waals surface area contributed by atoms with Crippen LogP contribution in [0.3, 0.4) is 0 Å². The van der Waals surface area contributed by atoms with E-state index in [9.17, 15) is 4.79 Å². The summed E-state index contributed by atoms with van der Waals surface area (Å²) in [6.45, 7) is 1.98. The normalized spacial score (nSPS) is 21.1. The van der Waals surface area contributed by atoms with E-state index < -0.39 is 0 Å². The molecule has 1 aliphatic rings. The van der Waals surface area contributed by atoms with E-state index in [-0.39, 0.29) is 5.91 Å². The third-order valence-electron chi connectivity index (χ3n) is 2.43. The summed E-state index contributed by atoms with van der Waals surface area (Å²) in [7, 11) is 0. The third-order valence-corrected chi connectivity index (χ3v) is 3.12. The fraction of sp³-hybridized carbons (Fsp3) is 0.900. The molecule has 2 N–H and O–H groups in total. The zero-order valence-electron chi connectivity index (χ0n) is 8.84. The maximum atomic E-state index is 11.4. The Hall–Kier alpha value is -0.220. The smallest absolute Gasteiger partial charge is 0.220 e. The van der Waals surface area contributed by atoms with E-state index in [2.05, 4.69) is 16.9 Å². The number of carbonyl (C=O) groups is 1. The van der Waals surface area contributed by atoms with Gasteiger partial charge >= 0.3 is 0 Å². The monoisotopic (exact) mass is 216 g/mol. The molecular weight excluding hydrogens is 196 g/mol. The van der Waals surface area contributed by atoms with Crippen LogP contribution < -0.4 is 10.6 Å². The van der Waals surface area contributed by atoms with Gasteiger partial charge in [0, 0.05) is 19.0 Å². The highest BCUT2D eigenvalue weighted by atomic mass is 32.2. The van der Waals surface area contributed by atoms with Crippen molar-refractivity contribution in [2.75, 3.05) is 25.1 Å². The van der Waals surface area contributed by atoms with Gasteiger partial charge in [-0.3, -0.25) is 4.79 Å². The summed E-state index contributed by atoms with van der Waals surface area (Å²) in [6.07, 6.45) is 6.04. The second kappa shape index (κ2) is 7.12. The highest BCUT2D eigenvalue weighted by Gasteiger charge is 2.15. The van der Waals surface area contributed by atoms with E-state index in [1.165, 1.54) is 0 Å². The molecule has 0 spiro atoms. The quantitative estimate of drug-likeness (QED) is 0.651. The Kier molecular flexibility index (Phi) is 6.03. The van der Waals surface area contributed by atoms with E-state index in [0.717, 1.165) is 38.1 Å². The summed E-state index contributed by atoms with van der Waals surface area (Å²) >= 11 is 1.84. The summed E-state index contributed by atoms with van der Waals surface area (Å²) in [5.41, 5.74) is 0. The number of amides is 1. The minimum absolute atomic E-state index is 0.222. The van der Waals surface area contributed by atoms with Gasteiger partial charge in [0.1, 0.15) is 0 Å². The maximum absolute atomic E-state index is 11.4. The first-order chi connectivity index (χ1) is 6.83. The predicted octanol–water partition coefficient (Wildman–Crippen LogP) is 0.998. The van der Waals surface area contributed by atoms with Gasteiger partial charge in [-0.1, -0.05) is 0 Å². The number of thioether (sulfide) groups is 1. The summed E-state index contributed by atoms with van der Waals surface area (Å²) in [6, 6.07) is 0.378. The van der Waals surface area contributed by atoms with Crippen molar-refractivity contribution < 1.29 is 4.79 Å². The van der Waals surface area contributed by atoms with Crippen molar-refractivity contribution >= 4 is 17.7 Å². The first kappa shape index (κ1) is 11.9. The van der Waals surface area contributed by atoms with Crippen LogP contribution in [0, 0.1) is 0 Å². The summed E-state index contributed by atoms with van der Waals surface area (Å²) in [5, 5.41) is 6.28. The van der Waals surface area contributed by atoms with Crippen molar-refractivity contribution in [1.29, 1.82) is 0 Å². The molecule has 0 radical (unpaired) electrons. The van der Waals surface area contributed by atoms with Crippen LogP contribution in [0.4, 0.5) is 0 Å². The van der Waals surface area contributed by atoms with Gasteiger partial charge in [-0.05, 0) is 37.8 Å². The molecule has 4 heteroatoms. The second-order valence-corrected chi connectivity index (χ2v) is 4.69. The van der Waals surface area contributed by atoms with E-state index in [1.54, 1.807) is 0 Å². The fourth-order valence-corrected chi connectivity index (χ4v) is 2.10. The van der Waals surface area contributed by atoms with Crippen LogP contribution in [-0.2, 0) is 4.79 Å². The molecule has 3 nitrogen and oxygen atoms in total. The Labute approximate surface area is 90.4 Å². The number of hydrogen-bond donors (Lipinski definition) is 2. The van der Waals surface area contributed by atoms with Gasteiger partial charge in [0.25, 0.3) is 0 Å². The third kappa shape index (κ3) is 4.86. The zero-order valence-corrected chi connectivity index (χ0v) is 9.66. The molecule has 1 aliphatic heterocycles. The molecule has 14 heavy (non-hydrogen) atoms. The van der Waals surface area contributed by atoms with Gasteiger partial charge in [-0.15, -0.1) is 0 Å². The fourth-order valence-electron chi connectivity index (χ4n) is 1.61. The summed E-state index contributed by atoms with van der Waals surface area (Å²) in [4.78, 5) is 11.4. The molecule has 1 rings (SSSR count). The average molecular weight is 216 g/mol. The standard InChI is InChI=1S/C10H20N2OS/c1-14-7-3-2-4-10(13)12-9-5-6-11-8-9/h9,11H,2-8H2,1H3,(H,12,13). The molecule has 1 unspecified atom stereocenters. The molecule has 0 saturated carbocycles. The summed E-state index contributed by atoms with van der Waals surface area (Å²) in [5.74, 6) is 1.39. The molecule has 1 fully saturated rings. The van der Waals surface area contributed by atoms with Crippen LogP contribution in [0.2, 0.25) is 0 Å². The van der Waals surface area contributed by atoms with Crippen LogP contribution in [0.25, 0.3) is 0 Å². The Morgan fingerprint density at radius 3 is 3.07 bits per heavy atom. The Morgan fingerprint density at radius 1 is 1.57 bits per heavy atom. The van der Waals surface area contributed by atoms with Crippen LogP contribution in [-0.4, -0.2) is 37.0 Å². The lowest BCUT2D eigenvalue weighted by molar-refractivity contribution is -0.121. The molecule has 1 heterocycles. The molecular formula is C10H20N2OS. The lowest BCUT2D eigenvalue weighted by atomic mass is 10.2. The molecule has 1 saturated heterocycles. The molecule has 1 atom stereocenters. The molecule has 0 aliphatic carbocycles. The first-order valence-electron chi connectivity index (χ1n) is 5.32. The molecule has 0 aromatic carbocycles. The molecule has 0 aromatic heterocycles. The Bertz CT molecular complexity index is 170. The highest BCUT2D eigenvalue weighted by Crippen LogP contribution is 2.03. The van der Waals surface area contributed by atoms with E-state index in [1.807, 2.05) is 11.8 Å². The van der Waals surface area contributed by atoms with Gasteiger partial charge in [-0.2, -0.15) is 11.8 Å². The molecule has 82 valence electrons. The second-order valence-electron chi connectivity index (χ2n) is 3.71. The van der Waals surface area contributed by atoms with Crippen LogP contribution >= 0.6 is 11.8 Å². The van der Waals surface area contributed by atoms with Crippen molar-refractivity contribution in [1.82, 2.24) is 10.6 Å². The SMILES string of the molecule is CSCCCCC(=O)NC1CCNC1.